The summed E-state index contributed by atoms with van der Waals surface area (Å²) < 4.78 is 10.3. The highest BCUT2D eigenvalue weighted by Crippen LogP contribution is 2.24. The zero-order valence-electron chi connectivity index (χ0n) is 13.5. The number of benzene rings is 1. The zero-order chi connectivity index (χ0) is 17.4. The number of methoxy groups -OCH3 is 2. The van der Waals surface area contributed by atoms with Crippen LogP contribution in [0.3, 0.4) is 0 Å². The van der Waals surface area contributed by atoms with Crippen LogP contribution < -0.4 is 14.8 Å². The third kappa shape index (κ3) is 5.86. The number of hydrogen-bond acceptors (Lipinski definition) is 4. The molecular weight excluding hydrogens is 298 g/mol. The van der Waals surface area contributed by atoms with Gasteiger partial charge < -0.3 is 19.9 Å². The molecule has 0 aromatic heterocycles. The van der Waals surface area contributed by atoms with Crippen molar-refractivity contribution >= 4 is 18.0 Å². The largest absolute Gasteiger partial charge is 0.497 e. The minimum absolute atomic E-state index is 0.169. The number of hydrogen-bond donors (Lipinski definition) is 2. The van der Waals surface area contributed by atoms with E-state index in [-0.39, 0.29) is 24.4 Å². The molecule has 6 heteroatoms. The van der Waals surface area contributed by atoms with Crippen molar-refractivity contribution in [3.05, 3.63) is 41.5 Å². The molecule has 0 bridgehead atoms. The van der Waals surface area contributed by atoms with Crippen LogP contribution in [0.5, 0.6) is 11.5 Å². The first-order valence-electron chi connectivity index (χ1n) is 6.98. The van der Waals surface area contributed by atoms with E-state index < -0.39 is 5.97 Å². The van der Waals surface area contributed by atoms with Crippen molar-refractivity contribution in [2.24, 2.45) is 0 Å². The molecule has 1 aromatic rings. The maximum absolute atomic E-state index is 11.4. The van der Waals surface area contributed by atoms with Crippen molar-refractivity contribution in [2.45, 2.75) is 13.3 Å². The highest BCUT2D eigenvalue weighted by Gasteiger charge is 2.10. The smallest absolute Gasteiger partial charge is 0.331 e. The number of carbonyl (C=O) groups excluding carboxylic acids is 1. The van der Waals surface area contributed by atoms with Gasteiger partial charge in [0.25, 0.3) is 0 Å². The summed E-state index contributed by atoms with van der Waals surface area (Å²) in [6.07, 6.45) is 1.72. The molecule has 0 radical (unpaired) electrons. The van der Waals surface area contributed by atoms with E-state index in [0.29, 0.717) is 22.6 Å². The van der Waals surface area contributed by atoms with Crippen molar-refractivity contribution in [3.8, 4) is 11.5 Å². The number of carboxylic acids is 1. The van der Waals surface area contributed by atoms with Gasteiger partial charge >= 0.3 is 5.97 Å². The van der Waals surface area contributed by atoms with E-state index in [2.05, 4.69) is 11.9 Å². The Morgan fingerprint density at radius 3 is 2.22 bits per heavy atom. The first kappa shape index (κ1) is 18.3. The molecule has 1 amide bonds. The Morgan fingerprint density at radius 1 is 1.22 bits per heavy atom. The van der Waals surface area contributed by atoms with E-state index in [1.807, 2.05) is 0 Å². The summed E-state index contributed by atoms with van der Waals surface area (Å²) in [6.45, 7) is 5.33. The molecule has 0 aliphatic heterocycles. The number of aliphatic carboxylic acids is 1. The number of nitrogens with one attached hydrogen (secondary N) is 1. The summed E-state index contributed by atoms with van der Waals surface area (Å²) in [5.41, 5.74) is 1.19. The number of rotatable bonds is 8. The molecule has 0 unspecified atom stereocenters. The summed E-state index contributed by atoms with van der Waals surface area (Å²) in [5, 5.41) is 11.9. The minimum Gasteiger partial charge on any atom is -0.497 e. The molecule has 0 saturated heterocycles. The summed E-state index contributed by atoms with van der Waals surface area (Å²) in [4.78, 5) is 22.8. The lowest BCUT2D eigenvalue weighted by Gasteiger charge is -2.08. The molecule has 124 valence electrons. The Bertz CT molecular complexity index is 612. The fourth-order valence-electron chi connectivity index (χ4n) is 1.82. The topological polar surface area (TPSA) is 84.9 Å². The van der Waals surface area contributed by atoms with Gasteiger partial charge in [-0.2, -0.15) is 0 Å². The lowest BCUT2D eigenvalue weighted by Crippen LogP contribution is -2.25. The fourth-order valence-corrected chi connectivity index (χ4v) is 1.82. The van der Waals surface area contributed by atoms with Crippen molar-refractivity contribution in [1.29, 1.82) is 0 Å². The predicted octanol–water partition coefficient (Wildman–Crippen LogP) is 2.25. The van der Waals surface area contributed by atoms with E-state index in [4.69, 9.17) is 9.47 Å². The van der Waals surface area contributed by atoms with Gasteiger partial charge in [-0.1, -0.05) is 6.58 Å². The summed E-state index contributed by atoms with van der Waals surface area (Å²) >= 11 is 0. The molecule has 1 rings (SSSR count). The van der Waals surface area contributed by atoms with Crippen LogP contribution in [0.15, 0.2) is 35.9 Å². The van der Waals surface area contributed by atoms with Gasteiger partial charge in [0.15, 0.2) is 0 Å². The van der Waals surface area contributed by atoms with E-state index in [0.717, 1.165) is 0 Å². The van der Waals surface area contributed by atoms with Crippen LogP contribution in [0.1, 0.15) is 18.9 Å². The van der Waals surface area contributed by atoms with Crippen LogP contribution >= 0.6 is 0 Å². The summed E-state index contributed by atoms with van der Waals surface area (Å²) in [6, 6.07) is 5.11. The van der Waals surface area contributed by atoms with Gasteiger partial charge in [-0.25, -0.2) is 4.79 Å². The second-order valence-corrected chi connectivity index (χ2v) is 4.91. The normalized spacial score (nSPS) is 10.8. The van der Waals surface area contributed by atoms with E-state index >= 15 is 0 Å². The Morgan fingerprint density at radius 2 is 1.78 bits per heavy atom. The lowest BCUT2D eigenvalue weighted by atomic mass is 10.1. The monoisotopic (exact) mass is 319 g/mol. The Hall–Kier alpha value is -2.76. The van der Waals surface area contributed by atoms with E-state index in [1.165, 1.54) is 20.3 Å². The number of ether oxygens (including phenoxy) is 2. The van der Waals surface area contributed by atoms with Gasteiger partial charge in [-0.3, -0.25) is 4.79 Å². The zero-order valence-corrected chi connectivity index (χ0v) is 13.5. The second-order valence-electron chi connectivity index (χ2n) is 4.91. The van der Waals surface area contributed by atoms with Crippen molar-refractivity contribution < 1.29 is 24.2 Å². The highest BCUT2D eigenvalue weighted by atomic mass is 16.5. The standard InChI is InChI=1S/C17H21NO5/c1-11(2)16(19)18-6-5-13(17(20)21)7-12-8-14(22-3)10-15(9-12)23-4/h7-10H,1,5-6H2,2-4H3,(H,18,19)(H,20,21)/b13-7+. The number of carboxylic acid groups (broad SMARTS) is 1. The van der Waals surface area contributed by atoms with Crippen LogP contribution in [-0.4, -0.2) is 37.7 Å². The van der Waals surface area contributed by atoms with E-state index in [9.17, 15) is 14.7 Å². The first-order valence-corrected chi connectivity index (χ1v) is 6.98. The van der Waals surface area contributed by atoms with Gasteiger partial charge in [0, 0.05) is 23.8 Å². The molecule has 0 saturated carbocycles. The average Bonchev–Trinajstić information content (AvgIpc) is 2.52. The van der Waals surface area contributed by atoms with Crippen LogP contribution in [0.25, 0.3) is 6.08 Å². The molecule has 0 heterocycles. The molecule has 0 atom stereocenters. The average molecular weight is 319 g/mol. The maximum atomic E-state index is 11.4. The molecular formula is C17H21NO5. The lowest BCUT2D eigenvalue weighted by molar-refractivity contribution is -0.132. The Balaban J connectivity index is 2.92. The molecule has 6 nitrogen and oxygen atoms in total. The van der Waals surface area contributed by atoms with Gasteiger partial charge in [0.2, 0.25) is 5.91 Å². The van der Waals surface area contributed by atoms with Crippen LogP contribution in [0.2, 0.25) is 0 Å². The molecule has 0 aliphatic carbocycles. The van der Waals surface area contributed by atoms with Crippen molar-refractivity contribution in [2.75, 3.05) is 20.8 Å². The molecule has 0 fully saturated rings. The maximum Gasteiger partial charge on any atom is 0.331 e. The third-order valence-electron chi connectivity index (χ3n) is 3.06. The van der Waals surface area contributed by atoms with Crippen LogP contribution in [-0.2, 0) is 9.59 Å². The van der Waals surface area contributed by atoms with Gasteiger partial charge in [0.1, 0.15) is 11.5 Å². The molecule has 0 aliphatic rings. The van der Waals surface area contributed by atoms with Crippen LogP contribution in [0.4, 0.5) is 0 Å². The quantitative estimate of drug-likeness (QED) is 0.718. The predicted molar refractivity (Wildman–Crippen MR) is 87.6 cm³/mol. The molecule has 0 spiro atoms. The van der Waals surface area contributed by atoms with E-state index in [1.54, 1.807) is 25.1 Å². The Labute approximate surface area is 135 Å². The number of carbonyl (C=O) groups is 2. The summed E-state index contributed by atoms with van der Waals surface area (Å²) in [5.74, 6) is -0.207. The molecule has 2 N–H and O–H groups in total. The van der Waals surface area contributed by atoms with Crippen LogP contribution in [0, 0.1) is 0 Å². The van der Waals surface area contributed by atoms with Gasteiger partial charge in [-0.05, 0) is 37.1 Å². The van der Waals surface area contributed by atoms with Crippen molar-refractivity contribution in [3.63, 3.8) is 0 Å². The Kier molecular flexibility index (Phi) is 6.86. The SMILES string of the molecule is C=C(C)C(=O)NCC/C(=C\c1cc(OC)cc(OC)c1)C(=O)O. The third-order valence-corrected chi connectivity index (χ3v) is 3.06. The molecule has 1 aromatic carbocycles. The second kappa shape index (κ2) is 8.63. The minimum atomic E-state index is -1.05. The first-order chi connectivity index (χ1) is 10.9. The fraction of sp³-hybridized carbons (Fsp3) is 0.294. The molecule has 23 heavy (non-hydrogen) atoms. The van der Waals surface area contributed by atoms with Gasteiger partial charge in [-0.15, -0.1) is 0 Å². The highest BCUT2D eigenvalue weighted by molar-refractivity contribution is 5.93. The van der Waals surface area contributed by atoms with Gasteiger partial charge in [0.05, 0.1) is 14.2 Å². The number of amides is 1. The van der Waals surface area contributed by atoms with Crippen molar-refractivity contribution in [1.82, 2.24) is 5.32 Å². The summed E-state index contributed by atoms with van der Waals surface area (Å²) in [7, 11) is 3.04.